The SMILES string of the molecule is CC(C)(C)OC(=O)NC1(c2ncn(C3CC4(C3)CN(C(=O)OCc3ccccc3)C4)n2)CC1. The van der Waals surface area contributed by atoms with Gasteiger partial charge in [0.1, 0.15) is 24.1 Å². The fourth-order valence-corrected chi connectivity index (χ4v) is 4.79. The molecule has 2 aromatic rings. The van der Waals surface area contributed by atoms with Crippen molar-refractivity contribution in [2.24, 2.45) is 5.41 Å². The highest BCUT2D eigenvalue weighted by Crippen LogP contribution is 2.54. The van der Waals surface area contributed by atoms with Crippen molar-refractivity contribution in [1.82, 2.24) is 25.0 Å². The predicted octanol–water partition coefficient (Wildman–Crippen LogP) is 3.77. The molecule has 1 N–H and O–H groups in total. The van der Waals surface area contributed by atoms with Gasteiger partial charge in [0, 0.05) is 18.5 Å². The summed E-state index contributed by atoms with van der Waals surface area (Å²) >= 11 is 0. The van der Waals surface area contributed by atoms with Gasteiger partial charge in [-0.1, -0.05) is 30.3 Å². The number of likely N-dealkylation sites (tertiary alicyclic amines) is 1. The van der Waals surface area contributed by atoms with E-state index in [1.807, 2.05) is 55.8 Å². The minimum Gasteiger partial charge on any atom is -0.445 e. The molecule has 1 aromatic heterocycles. The first-order valence-corrected chi connectivity index (χ1v) is 11.5. The molecule has 1 saturated heterocycles. The molecule has 1 spiro atoms. The molecule has 9 nitrogen and oxygen atoms in total. The Balaban J connectivity index is 1.09. The number of hydrogen-bond donors (Lipinski definition) is 1. The zero-order valence-electron chi connectivity index (χ0n) is 19.4. The van der Waals surface area contributed by atoms with Gasteiger partial charge in [0.25, 0.3) is 0 Å². The van der Waals surface area contributed by atoms with E-state index in [-0.39, 0.29) is 17.6 Å². The predicted molar refractivity (Wildman–Crippen MR) is 119 cm³/mol. The van der Waals surface area contributed by atoms with Crippen molar-refractivity contribution in [2.75, 3.05) is 13.1 Å². The van der Waals surface area contributed by atoms with E-state index < -0.39 is 17.2 Å². The molecule has 2 amide bonds. The van der Waals surface area contributed by atoms with E-state index in [2.05, 4.69) is 15.4 Å². The molecule has 0 radical (unpaired) electrons. The fourth-order valence-electron chi connectivity index (χ4n) is 4.79. The molecule has 2 saturated carbocycles. The number of carbonyl (C=O) groups is 2. The van der Waals surface area contributed by atoms with Crippen LogP contribution >= 0.6 is 0 Å². The number of benzene rings is 1. The molecule has 0 unspecified atom stereocenters. The Morgan fingerprint density at radius 3 is 2.48 bits per heavy atom. The van der Waals surface area contributed by atoms with Crippen LogP contribution < -0.4 is 5.32 Å². The van der Waals surface area contributed by atoms with E-state index in [4.69, 9.17) is 9.47 Å². The van der Waals surface area contributed by atoms with E-state index in [0.717, 1.165) is 44.3 Å². The van der Waals surface area contributed by atoms with Gasteiger partial charge in [0.05, 0.1) is 6.04 Å². The number of rotatable bonds is 5. The number of aromatic nitrogens is 3. The first-order chi connectivity index (χ1) is 15.7. The molecule has 2 aliphatic carbocycles. The molecule has 1 aromatic carbocycles. The third-order valence-electron chi connectivity index (χ3n) is 6.65. The van der Waals surface area contributed by atoms with E-state index in [9.17, 15) is 9.59 Å². The summed E-state index contributed by atoms with van der Waals surface area (Å²) in [4.78, 5) is 30.8. The highest BCUT2D eigenvalue weighted by atomic mass is 16.6. The lowest BCUT2D eigenvalue weighted by Gasteiger charge is -2.58. The monoisotopic (exact) mass is 453 g/mol. The third kappa shape index (κ3) is 4.54. The summed E-state index contributed by atoms with van der Waals surface area (Å²) in [6.45, 7) is 7.28. The Kier molecular flexibility index (Phi) is 5.10. The normalized spacial score (nSPS) is 20.5. The maximum Gasteiger partial charge on any atom is 0.410 e. The van der Waals surface area contributed by atoms with Crippen molar-refractivity contribution in [2.45, 2.75) is 70.2 Å². The van der Waals surface area contributed by atoms with Crippen molar-refractivity contribution >= 4 is 12.2 Å². The molecule has 2 heterocycles. The lowest BCUT2D eigenvalue weighted by Crippen LogP contribution is -2.63. The number of alkyl carbamates (subject to hydrolysis) is 1. The molecule has 9 heteroatoms. The Morgan fingerprint density at radius 2 is 1.85 bits per heavy atom. The van der Waals surface area contributed by atoms with Crippen LogP contribution in [0.1, 0.15) is 63.9 Å². The van der Waals surface area contributed by atoms with Crippen molar-refractivity contribution in [3.63, 3.8) is 0 Å². The number of nitrogens with zero attached hydrogens (tertiary/aromatic N) is 4. The molecule has 0 atom stereocenters. The van der Waals surface area contributed by atoms with Gasteiger partial charge in [-0.05, 0) is 52.0 Å². The smallest absolute Gasteiger partial charge is 0.410 e. The number of hydrogen-bond acceptors (Lipinski definition) is 6. The lowest BCUT2D eigenvalue weighted by molar-refractivity contribution is -0.0832. The first kappa shape index (κ1) is 21.7. The quantitative estimate of drug-likeness (QED) is 0.740. The van der Waals surface area contributed by atoms with E-state index >= 15 is 0 Å². The number of amides is 2. The molecular formula is C24H31N5O4. The number of carbonyl (C=O) groups excluding carboxylic acids is 2. The standard InChI is InChI=1S/C24H31N5O4/c1-22(2,3)33-20(30)26-24(9-10-24)19-25-16-29(27-19)18-11-23(12-18)14-28(15-23)21(31)32-13-17-7-5-4-6-8-17/h4-8,16,18H,9-15H2,1-3H3,(H,26,30). The number of ether oxygens (including phenoxy) is 2. The topological polar surface area (TPSA) is 98.6 Å². The summed E-state index contributed by atoms with van der Waals surface area (Å²) in [5.74, 6) is 0.647. The first-order valence-electron chi connectivity index (χ1n) is 11.5. The van der Waals surface area contributed by atoms with Gasteiger partial charge in [-0.15, -0.1) is 0 Å². The highest BCUT2D eigenvalue weighted by molar-refractivity contribution is 5.70. The molecule has 33 heavy (non-hydrogen) atoms. The van der Waals surface area contributed by atoms with Gasteiger partial charge in [-0.2, -0.15) is 5.10 Å². The minimum absolute atomic E-state index is 0.161. The molecule has 176 valence electrons. The van der Waals surface area contributed by atoms with Gasteiger partial charge >= 0.3 is 12.2 Å². The third-order valence-corrected chi connectivity index (χ3v) is 6.65. The summed E-state index contributed by atoms with van der Waals surface area (Å²) in [6.07, 6.45) is 4.62. The van der Waals surface area contributed by atoms with Gasteiger partial charge < -0.3 is 19.7 Å². The molecule has 3 aliphatic rings. The molecular weight excluding hydrogens is 422 g/mol. The van der Waals surface area contributed by atoms with Crippen LogP contribution in [-0.4, -0.2) is 50.5 Å². The van der Waals surface area contributed by atoms with Crippen molar-refractivity contribution in [1.29, 1.82) is 0 Å². The van der Waals surface area contributed by atoms with Crippen molar-refractivity contribution in [3.8, 4) is 0 Å². The van der Waals surface area contributed by atoms with Gasteiger partial charge in [-0.3, -0.25) is 0 Å². The van der Waals surface area contributed by atoms with Crippen LogP contribution in [0, 0.1) is 5.41 Å². The van der Waals surface area contributed by atoms with E-state index in [1.165, 1.54) is 0 Å². The Hall–Kier alpha value is -3.10. The fraction of sp³-hybridized carbons (Fsp3) is 0.583. The maximum absolute atomic E-state index is 12.3. The van der Waals surface area contributed by atoms with Crippen LogP contribution in [-0.2, 0) is 21.6 Å². The second kappa shape index (κ2) is 7.74. The van der Waals surface area contributed by atoms with Crippen LogP contribution in [0.5, 0.6) is 0 Å². The Morgan fingerprint density at radius 1 is 1.15 bits per heavy atom. The minimum atomic E-state index is -0.544. The largest absolute Gasteiger partial charge is 0.445 e. The van der Waals surface area contributed by atoms with Crippen LogP contribution in [0.3, 0.4) is 0 Å². The Labute approximate surface area is 193 Å². The van der Waals surface area contributed by atoms with Gasteiger partial charge in [-0.25, -0.2) is 19.3 Å². The lowest BCUT2D eigenvalue weighted by atomic mass is 9.61. The Bertz CT molecular complexity index is 1030. The summed E-state index contributed by atoms with van der Waals surface area (Å²) in [7, 11) is 0. The van der Waals surface area contributed by atoms with Crippen molar-refractivity contribution in [3.05, 3.63) is 48.0 Å². The zero-order chi connectivity index (χ0) is 23.3. The highest BCUT2D eigenvalue weighted by Gasteiger charge is 2.56. The summed E-state index contributed by atoms with van der Waals surface area (Å²) in [6, 6.07) is 9.98. The second-order valence-corrected chi connectivity index (χ2v) is 10.7. The van der Waals surface area contributed by atoms with Gasteiger partial charge in [0.2, 0.25) is 0 Å². The summed E-state index contributed by atoms with van der Waals surface area (Å²) < 4.78 is 12.7. The van der Waals surface area contributed by atoms with Crippen molar-refractivity contribution < 1.29 is 19.1 Å². The van der Waals surface area contributed by atoms with E-state index in [1.54, 1.807) is 11.2 Å². The van der Waals surface area contributed by atoms with E-state index in [0.29, 0.717) is 12.4 Å². The van der Waals surface area contributed by atoms with Crippen LogP contribution in [0.2, 0.25) is 0 Å². The van der Waals surface area contributed by atoms with Crippen LogP contribution in [0.25, 0.3) is 0 Å². The molecule has 3 fully saturated rings. The summed E-state index contributed by atoms with van der Waals surface area (Å²) in [5, 5.41) is 7.64. The van der Waals surface area contributed by atoms with Gasteiger partial charge in [0.15, 0.2) is 5.82 Å². The average molecular weight is 454 g/mol. The van der Waals surface area contributed by atoms with Crippen LogP contribution in [0.4, 0.5) is 9.59 Å². The molecule has 1 aliphatic heterocycles. The molecule has 0 bridgehead atoms. The maximum atomic E-state index is 12.3. The second-order valence-electron chi connectivity index (χ2n) is 10.7. The zero-order valence-corrected chi connectivity index (χ0v) is 19.4. The average Bonchev–Trinajstić information content (AvgIpc) is 3.28. The molecule has 5 rings (SSSR count). The summed E-state index contributed by atoms with van der Waals surface area (Å²) in [5.41, 5.74) is 0.0957. The van der Waals surface area contributed by atoms with Crippen LogP contribution in [0.15, 0.2) is 36.7 Å². The number of nitrogens with one attached hydrogen (secondary N) is 1.